The van der Waals surface area contributed by atoms with Crippen molar-refractivity contribution in [2.45, 2.75) is 17.6 Å². The molecule has 7 heteroatoms. The zero-order chi connectivity index (χ0) is 18.6. The highest BCUT2D eigenvalue weighted by Gasteiger charge is 2.24. The lowest BCUT2D eigenvalue weighted by atomic mass is 10.0. The molecule has 0 amide bonds. The van der Waals surface area contributed by atoms with Gasteiger partial charge in [0.2, 0.25) is 11.0 Å². The Balaban J connectivity index is 1.54. The Labute approximate surface area is 167 Å². The maximum atomic E-state index is 4.36. The van der Waals surface area contributed by atoms with Crippen LogP contribution in [0.3, 0.4) is 0 Å². The molecule has 0 radical (unpaired) electrons. The van der Waals surface area contributed by atoms with E-state index in [0.29, 0.717) is 0 Å². The number of hydrogen-bond donors (Lipinski definition) is 2. The third-order valence-corrected chi connectivity index (χ3v) is 5.98. The van der Waals surface area contributed by atoms with Gasteiger partial charge in [-0.1, -0.05) is 66.4 Å². The van der Waals surface area contributed by atoms with Gasteiger partial charge in [0, 0.05) is 11.8 Å². The molecular weight excluding hydrogens is 374 g/mol. The maximum Gasteiger partial charge on any atom is 0.214 e. The Kier molecular flexibility index (Phi) is 5.52. The van der Waals surface area contributed by atoms with Gasteiger partial charge < -0.3 is 5.73 Å². The fourth-order valence-electron chi connectivity index (χ4n) is 2.98. The molecule has 138 valence electrons. The molecule has 0 bridgehead atoms. The molecule has 1 atom stereocenters. The molecule has 3 aromatic rings. The summed E-state index contributed by atoms with van der Waals surface area (Å²) in [4.78, 5) is 0. The predicted octanol–water partition coefficient (Wildman–Crippen LogP) is 3.63. The predicted molar refractivity (Wildman–Crippen MR) is 114 cm³/mol. The Hall–Kier alpha value is -2.22. The van der Waals surface area contributed by atoms with E-state index in [4.69, 9.17) is 0 Å². The molecule has 4 N–H and O–H groups in total. The van der Waals surface area contributed by atoms with Crippen LogP contribution in [0.1, 0.15) is 23.9 Å². The topological polar surface area (TPSA) is 70.4 Å². The Morgan fingerprint density at radius 1 is 1.04 bits per heavy atom. The van der Waals surface area contributed by atoms with Gasteiger partial charge >= 0.3 is 0 Å². The molecule has 2 aromatic carbocycles. The summed E-state index contributed by atoms with van der Waals surface area (Å²) in [5, 5.41) is 11.6. The maximum absolute atomic E-state index is 4.36. The van der Waals surface area contributed by atoms with Crippen LogP contribution in [-0.4, -0.2) is 26.9 Å². The van der Waals surface area contributed by atoms with Crippen LogP contribution in [0, 0.1) is 0 Å². The van der Waals surface area contributed by atoms with Crippen molar-refractivity contribution < 1.29 is 5.73 Å². The molecular formula is C20H22N5S2+. The van der Waals surface area contributed by atoms with Crippen LogP contribution >= 0.6 is 23.5 Å². The molecule has 2 heterocycles. The van der Waals surface area contributed by atoms with E-state index in [1.54, 1.807) is 11.8 Å². The number of nitrogens with one attached hydrogen (secondary N) is 1. The number of benzene rings is 2. The van der Waals surface area contributed by atoms with E-state index in [-0.39, 0.29) is 6.04 Å². The van der Waals surface area contributed by atoms with Gasteiger partial charge in [0.1, 0.15) is 6.04 Å². The first-order chi connectivity index (χ1) is 13.3. The van der Waals surface area contributed by atoms with Gasteiger partial charge in [0.05, 0.1) is 5.70 Å². The second-order valence-corrected chi connectivity index (χ2v) is 8.18. The summed E-state index contributed by atoms with van der Waals surface area (Å²) in [5.74, 6) is 1.95. The number of hydrogen-bond acceptors (Lipinski definition) is 5. The average molecular weight is 397 g/mol. The first-order valence-corrected chi connectivity index (χ1v) is 11.1. The van der Waals surface area contributed by atoms with Gasteiger partial charge in [-0.15, -0.1) is 10.2 Å². The van der Waals surface area contributed by atoms with Crippen molar-refractivity contribution >= 4 is 29.2 Å². The van der Waals surface area contributed by atoms with E-state index in [1.165, 1.54) is 11.1 Å². The standard InChI is InChI=1S/C20H21N5S2/c1-26-12-11-17(21)19-22-23-20-25(19)24-18(13-27-20)16-9-7-15(8-10-16)14-5-3-2-4-6-14/h2-10,13,17,24H,11-12,21H2,1H3/p+1/t17-/m0/s1. The van der Waals surface area contributed by atoms with E-state index in [1.807, 2.05) is 22.5 Å². The Bertz CT molecular complexity index is 935. The second-order valence-electron chi connectivity index (χ2n) is 6.36. The monoisotopic (exact) mass is 396 g/mol. The van der Waals surface area contributed by atoms with Crippen molar-refractivity contribution in [1.82, 2.24) is 14.9 Å². The van der Waals surface area contributed by atoms with E-state index in [9.17, 15) is 0 Å². The van der Waals surface area contributed by atoms with Crippen LogP contribution in [-0.2, 0) is 0 Å². The molecule has 27 heavy (non-hydrogen) atoms. The Morgan fingerprint density at radius 3 is 2.48 bits per heavy atom. The van der Waals surface area contributed by atoms with Gasteiger partial charge in [-0.25, -0.2) is 4.68 Å². The summed E-state index contributed by atoms with van der Waals surface area (Å²) in [6.45, 7) is 0. The molecule has 0 unspecified atom stereocenters. The lowest BCUT2D eigenvalue weighted by Crippen LogP contribution is -2.55. The summed E-state index contributed by atoms with van der Waals surface area (Å²) in [6, 6.07) is 19.1. The van der Waals surface area contributed by atoms with Crippen molar-refractivity contribution in [1.29, 1.82) is 0 Å². The summed E-state index contributed by atoms with van der Waals surface area (Å²) < 4.78 is 1.98. The van der Waals surface area contributed by atoms with Crippen LogP contribution in [0.15, 0.2) is 65.2 Å². The molecule has 0 spiro atoms. The molecule has 0 saturated carbocycles. The normalized spacial score (nSPS) is 14.2. The average Bonchev–Trinajstić information content (AvgIpc) is 3.16. The summed E-state index contributed by atoms with van der Waals surface area (Å²) in [5.41, 5.74) is 12.3. The van der Waals surface area contributed by atoms with Crippen molar-refractivity contribution in [3.8, 4) is 11.1 Å². The van der Waals surface area contributed by atoms with Crippen molar-refractivity contribution in [2.24, 2.45) is 0 Å². The second kappa shape index (κ2) is 8.21. The van der Waals surface area contributed by atoms with E-state index in [2.05, 4.69) is 81.6 Å². The minimum Gasteiger partial charge on any atom is -0.349 e. The summed E-state index contributed by atoms with van der Waals surface area (Å²) in [6.07, 6.45) is 3.09. The summed E-state index contributed by atoms with van der Waals surface area (Å²) >= 11 is 3.41. The van der Waals surface area contributed by atoms with E-state index < -0.39 is 0 Å². The van der Waals surface area contributed by atoms with Crippen LogP contribution in [0.4, 0.5) is 0 Å². The fourth-order valence-corrected chi connectivity index (χ4v) is 4.24. The first kappa shape index (κ1) is 18.2. The van der Waals surface area contributed by atoms with E-state index in [0.717, 1.165) is 34.4 Å². The highest BCUT2D eigenvalue weighted by molar-refractivity contribution is 8.02. The molecule has 1 aliphatic heterocycles. The number of thioether (sulfide) groups is 2. The lowest BCUT2D eigenvalue weighted by Gasteiger charge is -2.20. The highest BCUT2D eigenvalue weighted by Crippen LogP contribution is 2.30. The van der Waals surface area contributed by atoms with Crippen LogP contribution < -0.4 is 11.2 Å². The molecule has 0 fully saturated rings. The van der Waals surface area contributed by atoms with Crippen LogP contribution in [0.5, 0.6) is 0 Å². The molecule has 5 nitrogen and oxygen atoms in total. The zero-order valence-electron chi connectivity index (χ0n) is 15.1. The minimum atomic E-state index is 0.117. The molecule has 1 aliphatic rings. The zero-order valence-corrected chi connectivity index (χ0v) is 16.8. The third-order valence-electron chi connectivity index (χ3n) is 4.51. The lowest BCUT2D eigenvalue weighted by molar-refractivity contribution is -0.429. The molecule has 0 aliphatic carbocycles. The number of fused-ring (bicyclic) bond motifs is 1. The van der Waals surface area contributed by atoms with Gasteiger partial charge in [-0.2, -0.15) is 11.8 Å². The van der Waals surface area contributed by atoms with Crippen molar-refractivity contribution in [3.63, 3.8) is 0 Å². The van der Waals surface area contributed by atoms with Crippen molar-refractivity contribution in [3.05, 3.63) is 71.4 Å². The largest absolute Gasteiger partial charge is 0.349 e. The SMILES string of the molecule is CSCC[C@H]([NH3+])c1nnc2n1NC(c1ccc(-c3ccccc3)cc1)=CS2. The number of quaternary nitrogens is 1. The van der Waals surface area contributed by atoms with Gasteiger partial charge in [0.25, 0.3) is 0 Å². The first-order valence-electron chi connectivity index (χ1n) is 8.83. The molecule has 0 saturated heterocycles. The van der Waals surface area contributed by atoms with E-state index >= 15 is 0 Å². The van der Waals surface area contributed by atoms with Crippen molar-refractivity contribution in [2.75, 3.05) is 17.4 Å². The highest BCUT2D eigenvalue weighted by atomic mass is 32.2. The fraction of sp³-hybridized carbons (Fsp3) is 0.200. The molecule has 4 rings (SSSR count). The van der Waals surface area contributed by atoms with Gasteiger partial charge in [-0.3, -0.25) is 5.43 Å². The van der Waals surface area contributed by atoms with Gasteiger partial charge in [-0.05, 0) is 28.7 Å². The smallest absolute Gasteiger partial charge is 0.214 e. The third kappa shape index (κ3) is 3.90. The minimum absolute atomic E-state index is 0.117. The number of aromatic nitrogens is 3. The molecule has 1 aromatic heterocycles. The number of rotatable bonds is 6. The summed E-state index contributed by atoms with van der Waals surface area (Å²) in [7, 11) is 0. The quantitative estimate of drug-likeness (QED) is 0.666. The van der Waals surface area contributed by atoms with Gasteiger partial charge in [0.15, 0.2) is 0 Å². The van der Waals surface area contributed by atoms with Crippen LogP contribution in [0.25, 0.3) is 16.8 Å². The van der Waals surface area contributed by atoms with Crippen LogP contribution in [0.2, 0.25) is 0 Å². The Morgan fingerprint density at radius 2 is 1.74 bits per heavy atom. The number of nitrogens with zero attached hydrogens (tertiary/aromatic N) is 3.